The molecule has 0 aliphatic carbocycles. The Hall–Kier alpha value is -1.46. The molecule has 1 aromatic rings. The van der Waals surface area contributed by atoms with Gasteiger partial charge in [0.1, 0.15) is 5.75 Å². The summed E-state index contributed by atoms with van der Waals surface area (Å²) in [5.74, 6) is 3.59. The van der Waals surface area contributed by atoms with Gasteiger partial charge in [-0.05, 0) is 38.4 Å². The Morgan fingerprint density at radius 3 is 2.88 bits per heavy atom. The average molecular weight is 231 g/mol. The Kier molecular flexibility index (Phi) is 5.59. The summed E-state index contributed by atoms with van der Waals surface area (Å²) < 4.78 is 5.40. The first kappa shape index (κ1) is 13.6. The fourth-order valence-electron chi connectivity index (χ4n) is 1.80. The minimum absolute atomic E-state index is 0.281. The van der Waals surface area contributed by atoms with Crippen molar-refractivity contribution in [2.75, 3.05) is 13.7 Å². The summed E-state index contributed by atoms with van der Waals surface area (Å²) in [6.07, 6.45) is 7.05. The Morgan fingerprint density at radius 1 is 1.47 bits per heavy atom. The molecule has 0 aliphatic rings. The highest BCUT2D eigenvalue weighted by Gasteiger charge is 2.10. The van der Waals surface area contributed by atoms with Gasteiger partial charge >= 0.3 is 0 Å². The molecule has 2 nitrogen and oxygen atoms in total. The average Bonchev–Trinajstić information content (AvgIpc) is 2.34. The van der Waals surface area contributed by atoms with Crippen LogP contribution in [-0.2, 0) is 0 Å². The van der Waals surface area contributed by atoms with Crippen LogP contribution in [0, 0.1) is 19.3 Å². The van der Waals surface area contributed by atoms with E-state index in [-0.39, 0.29) is 6.04 Å². The number of rotatable bonds is 6. The van der Waals surface area contributed by atoms with Crippen molar-refractivity contribution < 1.29 is 4.74 Å². The second kappa shape index (κ2) is 6.98. The van der Waals surface area contributed by atoms with Gasteiger partial charge in [-0.1, -0.05) is 12.1 Å². The van der Waals surface area contributed by atoms with E-state index in [0.717, 1.165) is 25.1 Å². The fourth-order valence-corrected chi connectivity index (χ4v) is 1.80. The summed E-state index contributed by atoms with van der Waals surface area (Å²) in [7, 11) is 1.71. The van der Waals surface area contributed by atoms with E-state index >= 15 is 0 Å². The van der Waals surface area contributed by atoms with E-state index in [9.17, 15) is 0 Å². The van der Waals surface area contributed by atoms with Crippen LogP contribution in [0.4, 0.5) is 0 Å². The maximum atomic E-state index is 5.40. The lowest BCUT2D eigenvalue weighted by Crippen LogP contribution is -2.20. The zero-order chi connectivity index (χ0) is 12.7. The summed E-state index contributed by atoms with van der Waals surface area (Å²) in [6, 6.07) is 6.57. The van der Waals surface area contributed by atoms with Crippen molar-refractivity contribution in [1.29, 1.82) is 0 Å². The van der Waals surface area contributed by atoms with E-state index in [1.807, 2.05) is 0 Å². The van der Waals surface area contributed by atoms with Crippen LogP contribution in [0.15, 0.2) is 18.2 Å². The van der Waals surface area contributed by atoms with Gasteiger partial charge in [0.05, 0.1) is 7.11 Å². The second-order valence-electron chi connectivity index (χ2n) is 4.23. The summed E-state index contributed by atoms with van der Waals surface area (Å²) in [5.41, 5.74) is 2.41. The highest BCUT2D eigenvalue weighted by molar-refractivity contribution is 5.38. The van der Waals surface area contributed by atoms with E-state index in [1.165, 1.54) is 11.1 Å². The molecular formula is C15H21NO. The fraction of sp³-hybridized carbons (Fsp3) is 0.467. The molecule has 1 atom stereocenters. The van der Waals surface area contributed by atoms with Crippen LogP contribution in [0.2, 0.25) is 0 Å². The van der Waals surface area contributed by atoms with Gasteiger partial charge in [0.15, 0.2) is 0 Å². The van der Waals surface area contributed by atoms with Crippen LogP contribution < -0.4 is 10.1 Å². The first-order valence-corrected chi connectivity index (χ1v) is 6.00. The molecular weight excluding hydrogens is 210 g/mol. The molecule has 0 radical (unpaired) electrons. The van der Waals surface area contributed by atoms with E-state index < -0.39 is 0 Å². The summed E-state index contributed by atoms with van der Waals surface area (Å²) in [5, 5.41) is 3.45. The predicted molar refractivity (Wildman–Crippen MR) is 72.2 cm³/mol. The van der Waals surface area contributed by atoms with Crippen LogP contribution >= 0.6 is 0 Å². The van der Waals surface area contributed by atoms with Gasteiger partial charge in [0.25, 0.3) is 0 Å². The number of hydrogen-bond acceptors (Lipinski definition) is 2. The third-order valence-electron chi connectivity index (χ3n) is 2.80. The van der Waals surface area contributed by atoms with Crippen molar-refractivity contribution in [3.8, 4) is 18.1 Å². The van der Waals surface area contributed by atoms with Crippen molar-refractivity contribution in [1.82, 2.24) is 5.32 Å². The molecule has 92 valence electrons. The lowest BCUT2D eigenvalue weighted by atomic mass is 10.0. The van der Waals surface area contributed by atoms with Crippen molar-refractivity contribution in [2.45, 2.75) is 32.7 Å². The number of unbranched alkanes of at least 4 members (excludes halogenated alkanes) is 1. The summed E-state index contributed by atoms with van der Waals surface area (Å²) in [6.45, 7) is 5.14. The van der Waals surface area contributed by atoms with Gasteiger partial charge in [-0.25, -0.2) is 0 Å². The van der Waals surface area contributed by atoms with Gasteiger partial charge in [0.2, 0.25) is 0 Å². The molecule has 0 amide bonds. The normalized spacial score (nSPS) is 11.9. The van der Waals surface area contributed by atoms with Gasteiger partial charge in [-0.15, -0.1) is 12.3 Å². The van der Waals surface area contributed by atoms with Crippen LogP contribution in [0.1, 0.15) is 36.9 Å². The molecule has 0 spiro atoms. The highest BCUT2D eigenvalue weighted by atomic mass is 16.5. The minimum Gasteiger partial charge on any atom is -0.496 e. The number of terminal acetylenes is 1. The van der Waals surface area contributed by atoms with Crippen LogP contribution in [0.3, 0.4) is 0 Å². The maximum absolute atomic E-state index is 5.40. The molecule has 1 unspecified atom stereocenters. The molecule has 0 saturated heterocycles. The predicted octanol–water partition coefficient (Wildman–Crippen LogP) is 3.07. The molecule has 0 saturated carbocycles. The molecule has 2 heteroatoms. The third-order valence-corrected chi connectivity index (χ3v) is 2.80. The summed E-state index contributed by atoms with van der Waals surface area (Å²) in [4.78, 5) is 0. The Morgan fingerprint density at radius 2 is 2.24 bits per heavy atom. The molecule has 0 aromatic heterocycles. The topological polar surface area (TPSA) is 21.3 Å². The molecule has 1 aromatic carbocycles. The van der Waals surface area contributed by atoms with Gasteiger partial charge in [-0.3, -0.25) is 0 Å². The zero-order valence-electron chi connectivity index (χ0n) is 10.9. The van der Waals surface area contributed by atoms with Crippen LogP contribution in [0.5, 0.6) is 5.75 Å². The van der Waals surface area contributed by atoms with E-state index in [1.54, 1.807) is 7.11 Å². The van der Waals surface area contributed by atoms with Crippen molar-refractivity contribution in [3.63, 3.8) is 0 Å². The van der Waals surface area contributed by atoms with Crippen molar-refractivity contribution in [3.05, 3.63) is 29.3 Å². The van der Waals surface area contributed by atoms with Crippen molar-refractivity contribution in [2.24, 2.45) is 0 Å². The molecule has 1 N–H and O–H groups in total. The van der Waals surface area contributed by atoms with Gasteiger partial charge in [-0.2, -0.15) is 0 Å². The number of methoxy groups -OCH3 is 1. The number of aryl methyl sites for hydroxylation is 1. The van der Waals surface area contributed by atoms with Crippen LogP contribution in [0.25, 0.3) is 0 Å². The number of ether oxygens (including phenoxy) is 1. The molecule has 0 heterocycles. The molecule has 17 heavy (non-hydrogen) atoms. The molecule has 0 aliphatic heterocycles. The lowest BCUT2D eigenvalue weighted by Gasteiger charge is -2.17. The highest BCUT2D eigenvalue weighted by Crippen LogP contribution is 2.25. The molecule has 1 rings (SSSR count). The van der Waals surface area contributed by atoms with Gasteiger partial charge < -0.3 is 10.1 Å². The van der Waals surface area contributed by atoms with Crippen LogP contribution in [-0.4, -0.2) is 13.7 Å². The Balaban J connectivity index is 2.62. The Bertz CT molecular complexity index is 392. The van der Waals surface area contributed by atoms with Gasteiger partial charge in [0, 0.05) is 18.0 Å². The SMILES string of the molecule is C#CCCCNC(C)c1ccc(C)cc1OC. The molecule has 0 bridgehead atoms. The monoisotopic (exact) mass is 231 g/mol. The zero-order valence-corrected chi connectivity index (χ0v) is 10.9. The number of nitrogens with one attached hydrogen (secondary N) is 1. The first-order chi connectivity index (χ1) is 8.19. The quantitative estimate of drug-likeness (QED) is 0.600. The smallest absolute Gasteiger partial charge is 0.123 e. The van der Waals surface area contributed by atoms with E-state index in [0.29, 0.717) is 0 Å². The maximum Gasteiger partial charge on any atom is 0.123 e. The third kappa shape index (κ3) is 4.13. The van der Waals surface area contributed by atoms with Crippen molar-refractivity contribution >= 4 is 0 Å². The standard InChI is InChI=1S/C15H21NO/c1-5-6-7-10-16-13(3)14-9-8-12(2)11-15(14)17-4/h1,8-9,11,13,16H,6-7,10H2,2-4H3. The van der Waals surface area contributed by atoms with E-state index in [2.05, 4.69) is 43.3 Å². The Labute approximate surface area is 104 Å². The minimum atomic E-state index is 0.281. The molecule has 0 fully saturated rings. The first-order valence-electron chi connectivity index (χ1n) is 6.00. The second-order valence-corrected chi connectivity index (χ2v) is 4.23. The van der Waals surface area contributed by atoms with E-state index in [4.69, 9.17) is 11.2 Å². The lowest BCUT2D eigenvalue weighted by molar-refractivity contribution is 0.401. The number of hydrogen-bond donors (Lipinski definition) is 1. The summed E-state index contributed by atoms with van der Waals surface area (Å²) >= 11 is 0. The number of benzene rings is 1. The largest absolute Gasteiger partial charge is 0.496 e.